The lowest BCUT2D eigenvalue weighted by Crippen LogP contribution is -1.83. The number of halogens is 1. The molecular formula is C7H6ClNO. The molecule has 2 nitrogen and oxygen atoms in total. The number of ether oxygens (including phenoxy) is 1. The normalized spacial score (nSPS) is 22.7. The van der Waals surface area contributed by atoms with E-state index in [1.54, 1.807) is 6.20 Å². The molecule has 2 heterocycles. The Bertz CT molecular complexity index is 247. The maximum absolute atomic E-state index is 5.77. The van der Waals surface area contributed by atoms with Crippen molar-refractivity contribution in [3.63, 3.8) is 0 Å². The van der Waals surface area contributed by atoms with E-state index >= 15 is 0 Å². The van der Waals surface area contributed by atoms with Gasteiger partial charge in [-0.25, -0.2) is 4.98 Å². The van der Waals surface area contributed by atoms with Gasteiger partial charge >= 0.3 is 0 Å². The van der Waals surface area contributed by atoms with Crippen LogP contribution in [0.25, 0.3) is 0 Å². The average Bonchev–Trinajstić information content (AvgIpc) is 2.71. The minimum absolute atomic E-state index is 0.209. The predicted octanol–water partition coefficient (Wildman–Crippen LogP) is 1.81. The molecule has 0 radical (unpaired) electrons. The summed E-state index contributed by atoms with van der Waals surface area (Å²) in [7, 11) is 0. The van der Waals surface area contributed by atoms with Crippen LogP contribution in [0, 0.1) is 0 Å². The maximum Gasteiger partial charge on any atom is 0.134 e. The molecule has 0 saturated carbocycles. The Morgan fingerprint density at radius 1 is 1.70 bits per heavy atom. The molecule has 1 aromatic rings. The molecule has 10 heavy (non-hydrogen) atoms. The number of epoxide rings is 1. The third-order valence-corrected chi connectivity index (χ3v) is 1.78. The van der Waals surface area contributed by atoms with E-state index in [0.29, 0.717) is 5.15 Å². The molecule has 3 heteroatoms. The molecule has 1 saturated heterocycles. The van der Waals surface area contributed by atoms with Gasteiger partial charge in [0.15, 0.2) is 0 Å². The zero-order valence-corrected chi connectivity index (χ0v) is 6.01. The van der Waals surface area contributed by atoms with E-state index < -0.39 is 0 Å². The SMILES string of the molecule is Clc1ncccc1C1CO1. The fraction of sp³-hybridized carbons (Fsp3) is 0.286. The second-order valence-corrected chi connectivity index (χ2v) is 2.56. The molecule has 0 aromatic carbocycles. The highest BCUT2D eigenvalue weighted by Crippen LogP contribution is 2.32. The summed E-state index contributed by atoms with van der Waals surface area (Å²) in [6.07, 6.45) is 1.88. The standard InChI is InChI=1S/C7H6ClNO/c8-7-5(6-4-10-6)2-1-3-9-7/h1-3,6H,4H2. The molecule has 52 valence electrons. The van der Waals surface area contributed by atoms with Crippen molar-refractivity contribution in [2.24, 2.45) is 0 Å². The fourth-order valence-corrected chi connectivity index (χ4v) is 1.11. The number of pyridine rings is 1. The Morgan fingerprint density at radius 2 is 2.50 bits per heavy atom. The van der Waals surface area contributed by atoms with Crippen LogP contribution in [-0.2, 0) is 4.74 Å². The van der Waals surface area contributed by atoms with Crippen molar-refractivity contribution in [1.82, 2.24) is 4.98 Å². The second-order valence-electron chi connectivity index (χ2n) is 2.21. The van der Waals surface area contributed by atoms with Crippen LogP contribution in [-0.4, -0.2) is 11.6 Å². The summed E-state index contributed by atoms with van der Waals surface area (Å²) < 4.78 is 5.05. The molecule has 0 bridgehead atoms. The topological polar surface area (TPSA) is 25.4 Å². The molecule has 0 spiro atoms. The van der Waals surface area contributed by atoms with Gasteiger partial charge in [-0.2, -0.15) is 0 Å². The Labute approximate surface area is 63.8 Å². The van der Waals surface area contributed by atoms with Gasteiger partial charge in [-0.15, -0.1) is 0 Å². The second kappa shape index (κ2) is 2.22. The monoisotopic (exact) mass is 155 g/mol. The van der Waals surface area contributed by atoms with Gasteiger partial charge in [0.1, 0.15) is 11.3 Å². The van der Waals surface area contributed by atoms with Crippen molar-refractivity contribution < 1.29 is 4.74 Å². The summed E-state index contributed by atoms with van der Waals surface area (Å²) in [5, 5.41) is 0.560. The first-order valence-corrected chi connectivity index (χ1v) is 3.48. The Kier molecular flexibility index (Phi) is 1.36. The Morgan fingerprint density at radius 3 is 3.10 bits per heavy atom. The highest BCUT2D eigenvalue weighted by Gasteiger charge is 2.26. The highest BCUT2D eigenvalue weighted by atomic mass is 35.5. The van der Waals surface area contributed by atoms with Crippen LogP contribution in [0.15, 0.2) is 18.3 Å². The van der Waals surface area contributed by atoms with Gasteiger partial charge in [0.25, 0.3) is 0 Å². The third-order valence-electron chi connectivity index (χ3n) is 1.47. The first kappa shape index (κ1) is 6.13. The van der Waals surface area contributed by atoms with E-state index in [-0.39, 0.29) is 6.10 Å². The minimum Gasteiger partial charge on any atom is -0.368 e. The lowest BCUT2D eigenvalue weighted by molar-refractivity contribution is 0.415. The van der Waals surface area contributed by atoms with E-state index in [9.17, 15) is 0 Å². The fourth-order valence-electron chi connectivity index (χ4n) is 0.866. The summed E-state index contributed by atoms with van der Waals surface area (Å²) in [6.45, 7) is 0.783. The zero-order chi connectivity index (χ0) is 6.97. The summed E-state index contributed by atoms with van der Waals surface area (Å²) in [5.74, 6) is 0. The maximum atomic E-state index is 5.77. The minimum atomic E-state index is 0.209. The number of nitrogens with zero attached hydrogens (tertiary/aromatic N) is 1. The largest absolute Gasteiger partial charge is 0.368 e. The number of rotatable bonds is 1. The van der Waals surface area contributed by atoms with Crippen LogP contribution in [0.4, 0.5) is 0 Å². The number of aromatic nitrogens is 1. The van der Waals surface area contributed by atoms with E-state index in [0.717, 1.165) is 12.2 Å². The van der Waals surface area contributed by atoms with Crippen molar-refractivity contribution in [1.29, 1.82) is 0 Å². The van der Waals surface area contributed by atoms with E-state index in [1.165, 1.54) is 0 Å². The van der Waals surface area contributed by atoms with Gasteiger partial charge in [0, 0.05) is 11.8 Å². The Balaban J connectivity index is 2.39. The van der Waals surface area contributed by atoms with Crippen LogP contribution < -0.4 is 0 Å². The van der Waals surface area contributed by atoms with E-state index in [1.807, 2.05) is 12.1 Å². The zero-order valence-electron chi connectivity index (χ0n) is 5.25. The molecule has 0 aliphatic carbocycles. The predicted molar refractivity (Wildman–Crippen MR) is 37.9 cm³/mol. The van der Waals surface area contributed by atoms with Gasteiger partial charge in [-0.05, 0) is 6.07 Å². The molecule has 1 aliphatic heterocycles. The van der Waals surface area contributed by atoms with Gasteiger partial charge < -0.3 is 4.74 Å². The Hall–Kier alpha value is -0.600. The van der Waals surface area contributed by atoms with Gasteiger partial charge in [-0.1, -0.05) is 17.7 Å². The van der Waals surface area contributed by atoms with E-state index in [4.69, 9.17) is 16.3 Å². The average molecular weight is 156 g/mol. The van der Waals surface area contributed by atoms with E-state index in [2.05, 4.69) is 4.98 Å². The smallest absolute Gasteiger partial charge is 0.134 e. The van der Waals surface area contributed by atoms with Crippen molar-refractivity contribution in [2.45, 2.75) is 6.10 Å². The summed E-state index contributed by atoms with van der Waals surface area (Å²) in [4.78, 5) is 3.93. The lowest BCUT2D eigenvalue weighted by atomic mass is 10.2. The molecule has 1 aliphatic rings. The first-order chi connectivity index (χ1) is 4.88. The van der Waals surface area contributed by atoms with Gasteiger partial charge in [0.2, 0.25) is 0 Å². The molecular weight excluding hydrogens is 150 g/mol. The molecule has 1 unspecified atom stereocenters. The van der Waals surface area contributed by atoms with Crippen LogP contribution >= 0.6 is 11.6 Å². The van der Waals surface area contributed by atoms with Crippen molar-refractivity contribution in [3.8, 4) is 0 Å². The number of hydrogen-bond donors (Lipinski definition) is 0. The summed E-state index contributed by atoms with van der Waals surface area (Å²) >= 11 is 5.77. The quantitative estimate of drug-likeness (QED) is 0.457. The highest BCUT2D eigenvalue weighted by molar-refractivity contribution is 6.30. The summed E-state index contributed by atoms with van der Waals surface area (Å²) in [5.41, 5.74) is 1.00. The van der Waals surface area contributed by atoms with Gasteiger partial charge in [0.05, 0.1) is 6.61 Å². The molecule has 2 rings (SSSR count). The lowest BCUT2D eigenvalue weighted by Gasteiger charge is -1.95. The van der Waals surface area contributed by atoms with Crippen molar-refractivity contribution >= 4 is 11.6 Å². The molecule has 1 fully saturated rings. The molecule has 1 atom stereocenters. The first-order valence-electron chi connectivity index (χ1n) is 3.10. The van der Waals surface area contributed by atoms with Crippen molar-refractivity contribution in [3.05, 3.63) is 29.0 Å². The molecule has 0 N–H and O–H groups in total. The van der Waals surface area contributed by atoms with Gasteiger partial charge in [-0.3, -0.25) is 0 Å². The van der Waals surface area contributed by atoms with Crippen LogP contribution in [0.1, 0.15) is 11.7 Å². The number of hydrogen-bond acceptors (Lipinski definition) is 2. The third kappa shape index (κ3) is 1.00. The molecule has 0 amide bonds. The van der Waals surface area contributed by atoms with Crippen molar-refractivity contribution in [2.75, 3.05) is 6.61 Å². The molecule has 1 aromatic heterocycles. The van der Waals surface area contributed by atoms with Crippen LogP contribution in [0.3, 0.4) is 0 Å². The van der Waals surface area contributed by atoms with Crippen LogP contribution in [0.5, 0.6) is 0 Å². The van der Waals surface area contributed by atoms with Crippen LogP contribution in [0.2, 0.25) is 5.15 Å². The summed E-state index contributed by atoms with van der Waals surface area (Å²) in [6, 6.07) is 3.80.